The second-order valence-corrected chi connectivity index (χ2v) is 17.3. The number of anilines is 6. The molecule has 37 heteroatoms. The second-order valence-electron chi connectivity index (χ2n) is 15.5. The van der Waals surface area contributed by atoms with E-state index in [0.29, 0.717) is 96.8 Å². The van der Waals surface area contributed by atoms with Crippen molar-refractivity contribution in [2.24, 2.45) is 5.73 Å². The summed E-state index contributed by atoms with van der Waals surface area (Å²) < 4.78 is 12.3. The molecule has 0 saturated carbocycles. The fraction of sp³-hybridized carbons (Fsp3) is 0.213. The first-order chi connectivity index (χ1) is 38.8. The normalized spacial score (nSPS) is 12.4. The molecule has 30 nitrogen and oxygen atoms in total. The van der Waals surface area contributed by atoms with Gasteiger partial charge in [-0.3, -0.25) is 50.0 Å². The number of carbonyl (C=O) groups is 3. The summed E-state index contributed by atoms with van der Waals surface area (Å²) in [6, 6.07) is 14.5. The van der Waals surface area contributed by atoms with Crippen LogP contribution in [0.25, 0.3) is 0 Å². The number of rotatable bonds is 11. The number of hydrogen-bond acceptors (Lipinski definition) is 21. The Bertz CT molecular complexity index is 3360. The number of nitrogens with zero attached hydrogens (tertiary/aromatic N) is 15. The molecular formula is C47H50Cl5FN21O9Pd-. The third kappa shape index (κ3) is 21.4. The molecule has 3 saturated heterocycles. The first-order valence-electron chi connectivity index (χ1n) is 23.0. The number of carbonyl (C=O) groups excluding carboxylic acids is 3. The minimum atomic E-state index is -1.05. The molecule has 10 rings (SSSR count). The summed E-state index contributed by atoms with van der Waals surface area (Å²) in [7, 11) is 0. The summed E-state index contributed by atoms with van der Waals surface area (Å²) in [5.41, 5.74) is 12.0. The second kappa shape index (κ2) is 36.2. The van der Waals surface area contributed by atoms with E-state index in [4.69, 9.17) is 69.5 Å². The number of hydrogen-bond donors (Lipinski definition) is 6. The summed E-state index contributed by atoms with van der Waals surface area (Å²) in [6.45, 7) is 3.80. The number of nitro groups is 3. The quantitative estimate of drug-likeness (QED) is 0.0134. The predicted octanol–water partition coefficient (Wildman–Crippen LogP) is 8.70. The molecule has 3 aliphatic heterocycles. The maximum absolute atomic E-state index is 12.3. The molecule has 450 valence electrons. The van der Waals surface area contributed by atoms with Crippen LogP contribution in [0.15, 0.2) is 104 Å². The third-order valence-electron chi connectivity index (χ3n) is 10.2. The third-order valence-corrected chi connectivity index (χ3v) is 11.5. The maximum atomic E-state index is 12.3. The van der Waals surface area contributed by atoms with Crippen LogP contribution in [-0.4, -0.2) is 124 Å². The van der Waals surface area contributed by atoms with E-state index in [9.17, 15) is 49.1 Å². The number of halogens is 6. The van der Waals surface area contributed by atoms with Gasteiger partial charge in [-0.15, -0.1) is 0 Å². The number of amides is 6. The van der Waals surface area contributed by atoms with E-state index in [-0.39, 0.29) is 86.3 Å². The van der Waals surface area contributed by atoms with Gasteiger partial charge in [-0.05, 0) is 85.1 Å². The molecule has 6 amide bonds. The Balaban J connectivity index is 0.000000349. The van der Waals surface area contributed by atoms with Crippen molar-refractivity contribution >= 4 is 128 Å². The summed E-state index contributed by atoms with van der Waals surface area (Å²) in [5, 5.41) is 43.1. The summed E-state index contributed by atoms with van der Waals surface area (Å²) in [5.74, 6) is 0.436. The molecule has 0 aromatic carbocycles. The molecule has 8 N–H and O–H groups in total. The number of aromatic nitrogens is 9. The Morgan fingerprint density at radius 1 is 0.595 bits per heavy atom. The van der Waals surface area contributed by atoms with Crippen LogP contribution in [0, 0.1) is 43.7 Å². The minimum absolute atomic E-state index is 0. The van der Waals surface area contributed by atoms with Gasteiger partial charge in [-0.25, -0.2) is 49.3 Å². The van der Waals surface area contributed by atoms with Gasteiger partial charge >= 0.3 is 29.5 Å². The van der Waals surface area contributed by atoms with Crippen LogP contribution in [0.5, 0.6) is 0 Å². The Labute approximate surface area is 516 Å². The largest absolute Gasteiger partial charge is 0.396 e. The van der Waals surface area contributed by atoms with Gasteiger partial charge in [0.25, 0.3) is 11.6 Å². The van der Waals surface area contributed by atoms with Gasteiger partial charge in [-0.2, -0.15) is 9.37 Å². The molecule has 7 aromatic rings. The van der Waals surface area contributed by atoms with E-state index in [1.54, 1.807) is 53.8 Å². The van der Waals surface area contributed by atoms with E-state index < -0.39 is 26.4 Å². The van der Waals surface area contributed by atoms with Gasteiger partial charge in [0.05, 0.1) is 43.6 Å². The number of nitrogens with two attached hydrogens (primary N) is 2. The molecule has 3 fully saturated rings. The molecule has 3 aliphatic rings. The SMILES string of the molecule is C.Clc1ncc(Cl)c(Cl)n1.NCCCc1ncccc1[N+](=O)[O-].Nc1cccnc1N1CCNC1=O.O=C1NCCN1c1ncccc1Nc1nc(Cl)ncc1Cl.O=C1NCCN1c1ncccc1[N+](=O)[O-].O=[N+]([O-])c1cccnc1F.[CH3-].[Pd]. The number of aryl methyl sites for hydroxylation is 1. The van der Waals surface area contributed by atoms with Crippen molar-refractivity contribution in [1.82, 2.24) is 60.8 Å². The van der Waals surface area contributed by atoms with E-state index in [1.807, 2.05) is 0 Å². The number of urea groups is 3. The summed E-state index contributed by atoms with van der Waals surface area (Å²) in [6.07, 6.45) is 11.4. The molecule has 0 spiro atoms. The van der Waals surface area contributed by atoms with Crippen molar-refractivity contribution in [3.05, 3.63) is 179 Å². The molecule has 0 aliphatic carbocycles. The van der Waals surface area contributed by atoms with Gasteiger partial charge in [-0.1, -0.05) is 42.2 Å². The van der Waals surface area contributed by atoms with Crippen LogP contribution >= 0.6 is 58.0 Å². The molecule has 0 radical (unpaired) electrons. The van der Waals surface area contributed by atoms with Crippen LogP contribution < -0.4 is 47.4 Å². The zero-order chi connectivity index (χ0) is 59.0. The molecule has 84 heavy (non-hydrogen) atoms. The molecular weight excluding hydrogens is 1310 g/mol. The molecule has 0 bridgehead atoms. The average Bonchev–Trinajstić information content (AvgIpc) is 4.29. The van der Waals surface area contributed by atoms with Crippen molar-refractivity contribution in [3.8, 4) is 0 Å². The zero-order valence-electron chi connectivity index (χ0n) is 42.8. The fourth-order valence-corrected chi connectivity index (χ4v) is 7.23. The van der Waals surface area contributed by atoms with E-state index in [1.165, 1.54) is 52.7 Å². The molecule has 7 aromatic heterocycles. The summed E-state index contributed by atoms with van der Waals surface area (Å²) in [4.78, 5) is 102. The molecule has 0 atom stereocenters. The number of pyridine rings is 5. The van der Waals surface area contributed by atoms with Crippen molar-refractivity contribution in [1.29, 1.82) is 0 Å². The van der Waals surface area contributed by atoms with Crippen molar-refractivity contribution in [2.75, 3.05) is 71.6 Å². The van der Waals surface area contributed by atoms with Crippen LogP contribution in [0.2, 0.25) is 25.8 Å². The van der Waals surface area contributed by atoms with Crippen LogP contribution in [-0.2, 0) is 26.8 Å². The first-order valence-corrected chi connectivity index (χ1v) is 24.9. The molecule has 10 heterocycles. The van der Waals surface area contributed by atoms with E-state index >= 15 is 0 Å². The minimum Gasteiger partial charge on any atom is -0.396 e. The molecule has 0 unspecified atom stereocenters. The smallest absolute Gasteiger partial charge is 0.323 e. The van der Waals surface area contributed by atoms with Gasteiger partial charge in [0.1, 0.15) is 10.7 Å². The van der Waals surface area contributed by atoms with Gasteiger partial charge in [0, 0.05) is 109 Å². The monoisotopic (exact) mass is 1350 g/mol. The fourth-order valence-electron chi connectivity index (χ4n) is 6.56. The number of nitrogen functional groups attached to an aromatic ring is 1. The summed E-state index contributed by atoms with van der Waals surface area (Å²) >= 11 is 28.1. The van der Waals surface area contributed by atoms with Crippen molar-refractivity contribution in [2.45, 2.75) is 20.3 Å². The zero-order valence-corrected chi connectivity index (χ0v) is 48.1. The standard InChI is InChI=1S/C12H10Cl2N6O.C8H8N4O3.C8H10N4O.C8H11N3O2.C5H3FN2O2.C4HCl3N2.CH4.CH3.Pd/c13-7-6-17-11(14)19-9(7)18-8-2-1-3-15-10(8)20-5-4-16-12(20)21;13-8-10-4-5-11(8)7-6(12(14)15)2-1-3-9-7;9-6-2-1-3-10-7(6)12-5-4-11-8(12)13;9-5-1-3-7-8(11(12)13)4-2-6-10-7;6-5-4(8(9)10)2-1-3-7-5;5-2-1-8-4(7)9-3(2)6;;;/h1-3,6H,4-5H2,(H,16,21)(H,17,18,19);1-3H,4-5H2,(H,10,13);1-3H,4-5,9H2,(H,11,13);2,4,6H,1,3,5,9H2;1-3H;1H;1H4;1H3;/q;;;;;;;-1;. The first kappa shape index (κ1) is 71.6. The maximum Gasteiger partial charge on any atom is 0.323 e. The van der Waals surface area contributed by atoms with Crippen molar-refractivity contribution in [3.63, 3.8) is 0 Å². The average molecular weight is 1360 g/mol. The number of nitrogens with one attached hydrogen (secondary N) is 4. The van der Waals surface area contributed by atoms with Crippen LogP contribution in [0.4, 0.5) is 70.5 Å². The Morgan fingerprint density at radius 3 is 1.51 bits per heavy atom. The van der Waals surface area contributed by atoms with Gasteiger partial charge in [0.2, 0.25) is 16.4 Å². The van der Waals surface area contributed by atoms with Gasteiger partial charge in [0.15, 0.2) is 22.6 Å². The van der Waals surface area contributed by atoms with Gasteiger partial charge < -0.3 is 40.2 Å². The van der Waals surface area contributed by atoms with Crippen molar-refractivity contribution < 1.29 is 54.0 Å². The Kier molecular flexibility index (Phi) is 30.8. The van der Waals surface area contributed by atoms with E-state index in [2.05, 4.69) is 66.1 Å². The topological polar surface area (TPSA) is 407 Å². The van der Waals surface area contributed by atoms with Crippen LogP contribution in [0.1, 0.15) is 19.5 Å². The Morgan fingerprint density at radius 2 is 1.04 bits per heavy atom. The van der Waals surface area contributed by atoms with Crippen LogP contribution in [0.3, 0.4) is 0 Å². The Hall–Kier alpha value is -8.48. The predicted molar refractivity (Wildman–Crippen MR) is 311 cm³/mol. The van der Waals surface area contributed by atoms with E-state index in [0.717, 1.165) is 18.7 Å².